The lowest BCUT2D eigenvalue weighted by Crippen LogP contribution is -2.36. The molecule has 4 nitrogen and oxygen atoms in total. The van der Waals surface area contributed by atoms with E-state index in [1.807, 2.05) is 54.8 Å². The summed E-state index contributed by atoms with van der Waals surface area (Å²) in [5.74, 6) is -0.224. The van der Waals surface area contributed by atoms with Crippen LogP contribution in [0.2, 0.25) is 0 Å². The summed E-state index contributed by atoms with van der Waals surface area (Å²) >= 11 is 1.47. The number of carbonyl (C=O) groups is 1. The molecule has 1 aliphatic heterocycles. The molecule has 1 aromatic heterocycles. The molecule has 0 N–H and O–H groups in total. The summed E-state index contributed by atoms with van der Waals surface area (Å²) in [6, 6.07) is 13.4. The van der Waals surface area contributed by atoms with Gasteiger partial charge in [-0.2, -0.15) is 0 Å². The SMILES string of the molecule is CC(C(=O)N1CCC(c2cccs2)S(=O)(=O)CC1)c1ccccc1. The lowest BCUT2D eigenvalue weighted by molar-refractivity contribution is -0.132. The second kappa shape index (κ2) is 7.07. The minimum absolute atomic E-state index is 0.00299. The zero-order chi connectivity index (χ0) is 17.2. The van der Waals surface area contributed by atoms with E-state index in [2.05, 4.69) is 0 Å². The third kappa shape index (κ3) is 3.54. The summed E-state index contributed by atoms with van der Waals surface area (Å²) < 4.78 is 25.2. The van der Waals surface area contributed by atoms with Crippen LogP contribution in [0.15, 0.2) is 47.8 Å². The highest BCUT2D eigenvalue weighted by Gasteiger charge is 2.34. The smallest absolute Gasteiger partial charge is 0.229 e. The second-order valence-electron chi connectivity index (χ2n) is 6.12. The van der Waals surface area contributed by atoms with E-state index >= 15 is 0 Å². The van der Waals surface area contributed by atoms with Crippen LogP contribution in [-0.4, -0.2) is 38.1 Å². The number of carbonyl (C=O) groups excluding carboxylic acids is 1. The van der Waals surface area contributed by atoms with Gasteiger partial charge in [0.1, 0.15) is 0 Å². The Morgan fingerprint density at radius 3 is 2.58 bits per heavy atom. The number of hydrogen-bond donors (Lipinski definition) is 0. The van der Waals surface area contributed by atoms with Crippen molar-refractivity contribution < 1.29 is 13.2 Å². The molecule has 24 heavy (non-hydrogen) atoms. The average Bonchev–Trinajstić information content (AvgIpc) is 3.06. The molecule has 1 aromatic carbocycles. The maximum absolute atomic E-state index is 12.8. The number of sulfone groups is 1. The van der Waals surface area contributed by atoms with Gasteiger partial charge in [0.15, 0.2) is 9.84 Å². The van der Waals surface area contributed by atoms with Gasteiger partial charge in [-0.15, -0.1) is 11.3 Å². The van der Waals surface area contributed by atoms with Gasteiger partial charge in [-0.25, -0.2) is 8.42 Å². The lowest BCUT2D eigenvalue weighted by atomic mass is 9.99. The van der Waals surface area contributed by atoms with Crippen LogP contribution in [-0.2, 0) is 14.6 Å². The topological polar surface area (TPSA) is 54.5 Å². The predicted molar refractivity (Wildman–Crippen MR) is 96.9 cm³/mol. The fraction of sp³-hybridized carbons (Fsp3) is 0.389. The third-order valence-corrected chi connectivity index (χ3v) is 7.83. The first kappa shape index (κ1) is 17.2. The number of benzene rings is 1. The molecule has 2 aromatic rings. The van der Waals surface area contributed by atoms with Crippen LogP contribution in [0, 0.1) is 0 Å². The summed E-state index contributed by atoms with van der Waals surface area (Å²) in [5.41, 5.74) is 0.962. The Bertz CT molecular complexity index is 785. The zero-order valence-electron chi connectivity index (χ0n) is 13.6. The molecule has 0 spiro atoms. The van der Waals surface area contributed by atoms with Crippen molar-refractivity contribution >= 4 is 27.1 Å². The highest BCUT2D eigenvalue weighted by Crippen LogP contribution is 2.33. The monoisotopic (exact) mass is 363 g/mol. The highest BCUT2D eigenvalue weighted by atomic mass is 32.2. The molecule has 1 fully saturated rings. The first-order valence-corrected chi connectivity index (χ1v) is 10.7. The molecule has 1 amide bonds. The minimum atomic E-state index is -3.22. The van der Waals surface area contributed by atoms with Gasteiger partial charge in [-0.1, -0.05) is 36.4 Å². The number of thiophene rings is 1. The number of hydrogen-bond acceptors (Lipinski definition) is 4. The van der Waals surface area contributed by atoms with Gasteiger partial charge in [0, 0.05) is 18.0 Å². The second-order valence-corrected chi connectivity index (χ2v) is 9.40. The van der Waals surface area contributed by atoms with E-state index in [0.29, 0.717) is 13.0 Å². The Hall–Kier alpha value is -1.66. The van der Waals surface area contributed by atoms with Gasteiger partial charge >= 0.3 is 0 Å². The van der Waals surface area contributed by atoms with Crippen molar-refractivity contribution in [2.24, 2.45) is 0 Å². The molecule has 0 aliphatic carbocycles. The molecule has 0 radical (unpaired) electrons. The first-order chi connectivity index (χ1) is 11.5. The van der Waals surface area contributed by atoms with Crippen LogP contribution in [0.4, 0.5) is 0 Å². The molecule has 1 saturated heterocycles. The van der Waals surface area contributed by atoms with E-state index in [-0.39, 0.29) is 24.1 Å². The quantitative estimate of drug-likeness (QED) is 0.841. The van der Waals surface area contributed by atoms with Gasteiger partial charge < -0.3 is 4.90 Å². The van der Waals surface area contributed by atoms with Gasteiger partial charge in [0.05, 0.1) is 16.9 Å². The van der Waals surface area contributed by atoms with E-state index < -0.39 is 15.1 Å². The van der Waals surface area contributed by atoms with Gasteiger partial charge in [-0.3, -0.25) is 4.79 Å². The molecule has 1 aliphatic rings. The Labute approximate surface area is 147 Å². The van der Waals surface area contributed by atoms with Gasteiger partial charge in [0.2, 0.25) is 5.91 Å². The molecule has 128 valence electrons. The first-order valence-electron chi connectivity index (χ1n) is 8.08. The molecule has 0 saturated carbocycles. The van der Waals surface area contributed by atoms with Crippen molar-refractivity contribution in [1.29, 1.82) is 0 Å². The third-order valence-electron chi connectivity index (χ3n) is 4.58. The van der Waals surface area contributed by atoms with Crippen molar-refractivity contribution in [2.45, 2.75) is 24.5 Å². The average molecular weight is 364 g/mol. The lowest BCUT2D eigenvalue weighted by Gasteiger charge is -2.24. The van der Waals surface area contributed by atoms with Crippen LogP contribution in [0.1, 0.15) is 35.0 Å². The molecule has 0 bridgehead atoms. The molecule has 3 rings (SSSR count). The van der Waals surface area contributed by atoms with Crippen molar-refractivity contribution in [3.05, 3.63) is 58.3 Å². The van der Waals surface area contributed by atoms with Gasteiger partial charge in [0.25, 0.3) is 0 Å². The van der Waals surface area contributed by atoms with E-state index in [1.165, 1.54) is 11.3 Å². The molecule has 2 heterocycles. The molecule has 6 heteroatoms. The Kier molecular flexibility index (Phi) is 5.06. The number of amides is 1. The summed E-state index contributed by atoms with van der Waals surface area (Å²) in [5, 5.41) is 1.41. The van der Waals surface area contributed by atoms with E-state index in [4.69, 9.17) is 0 Å². The van der Waals surface area contributed by atoms with Crippen molar-refractivity contribution in [2.75, 3.05) is 18.8 Å². The molecule has 2 atom stereocenters. The molecule has 2 unspecified atom stereocenters. The number of nitrogens with zero attached hydrogens (tertiary/aromatic N) is 1. The fourth-order valence-electron chi connectivity index (χ4n) is 3.12. The molecular formula is C18H21NO3S2. The van der Waals surface area contributed by atoms with Crippen molar-refractivity contribution in [3.8, 4) is 0 Å². The number of rotatable bonds is 3. The Morgan fingerprint density at radius 1 is 1.17 bits per heavy atom. The van der Waals surface area contributed by atoms with Crippen LogP contribution >= 0.6 is 11.3 Å². The van der Waals surface area contributed by atoms with E-state index in [0.717, 1.165) is 10.4 Å². The van der Waals surface area contributed by atoms with Crippen molar-refractivity contribution in [3.63, 3.8) is 0 Å². The summed E-state index contributed by atoms with van der Waals surface area (Å²) in [6.45, 7) is 2.64. The Morgan fingerprint density at radius 2 is 1.92 bits per heavy atom. The van der Waals surface area contributed by atoms with Gasteiger partial charge in [-0.05, 0) is 30.4 Å². The van der Waals surface area contributed by atoms with Crippen LogP contribution in [0.3, 0.4) is 0 Å². The van der Waals surface area contributed by atoms with Crippen molar-refractivity contribution in [1.82, 2.24) is 4.90 Å². The van der Waals surface area contributed by atoms with E-state index in [9.17, 15) is 13.2 Å². The van der Waals surface area contributed by atoms with Crippen LogP contribution < -0.4 is 0 Å². The highest BCUT2D eigenvalue weighted by molar-refractivity contribution is 7.91. The van der Waals surface area contributed by atoms with Crippen LogP contribution in [0.5, 0.6) is 0 Å². The summed E-state index contributed by atoms with van der Waals surface area (Å²) in [6.07, 6.45) is 0.468. The largest absolute Gasteiger partial charge is 0.341 e. The summed E-state index contributed by atoms with van der Waals surface area (Å²) in [7, 11) is -3.22. The van der Waals surface area contributed by atoms with E-state index in [1.54, 1.807) is 4.90 Å². The fourth-order valence-corrected chi connectivity index (χ4v) is 6.12. The van der Waals surface area contributed by atoms with Crippen LogP contribution in [0.25, 0.3) is 0 Å². The molecular weight excluding hydrogens is 342 g/mol. The minimum Gasteiger partial charge on any atom is -0.341 e. The maximum atomic E-state index is 12.8. The normalized spacial score (nSPS) is 21.9. The standard InChI is InChI=1S/C18H21NO3S2/c1-14(15-6-3-2-4-7-15)18(20)19-10-9-17(16-8-5-12-23-16)24(21,22)13-11-19/h2-8,12,14,17H,9-11,13H2,1H3. The zero-order valence-corrected chi connectivity index (χ0v) is 15.2. The Balaban J connectivity index is 1.76. The predicted octanol–water partition coefficient (Wildman–Crippen LogP) is 3.24. The maximum Gasteiger partial charge on any atom is 0.229 e. The summed E-state index contributed by atoms with van der Waals surface area (Å²) in [4.78, 5) is 15.4.